The summed E-state index contributed by atoms with van der Waals surface area (Å²) in [6.45, 7) is 9.93. The standard InChI is InChI=1S/C25H41N3O4S/c1-6-7-8-12-22-16-15-21(14-13-19(4)11-9-10-18(2)3)23(29)24(22)33(31,32)28-25(30)20(5)17-27-26/h10,13,15-16,20,27,29H,6-9,11-12,14,17,26H2,1-5H3,(H,28,30)/b19-13+. The molecule has 1 unspecified atom stereocenters. The molecule has 1 atom stereocenters. The van der Waals surface area contributed by atoms with Gasteiger partial charge in [0.1, 0.15) is 10.6 Å². The van der Waals surface area contributed by atoms with E-state index in [1.807, 2.05) is 13.0 Å². The van der Waals surface area contributed by atoms with Gasteiger partial charge in [-0.2, -0.15) is 0 Å². The van der Waals surface area contributed by atoms with Crippen LogP contribution in [0.2, 0.25) is 0 Å². The van der Waals surface area contributed by atoms with Gasteiger partial charge in [-0.15, -0.1) is 0 Å². The van der Waals surface area contributed by atoms with E-state index in [1.54, 1.807) is 19.1 Å². The molecule has 1 aromatic carbocycles. The molecule has 0 aliphatic carbocycles. The third kappa shape index (κ3) is 9.70. The molecule has 1 aromatic rings. The van der Waals surface area contributed by atoms with Crippen LogP contribution >= 0.6 is 0 Å². The second-order valence-electron chi connectivity index (χ2n) is 8.87. The highest BCUT2D eigenvalue weighted by Gasteiger charge is 2.28. The van der Waals surface area contributed by atoms with Crippen LogP contribution in [0.15, 0.2) is 40.3 Å². The van der Waals surface area contributed by atoms with E-state index in [0.717, 1.165) is 32.1 Å². The number of aryl methyl sites for hydroxylation is 1. The van der Waals surface area contributed by atoms with Crippen molar-refractivity contribution in [2.45, 2.75) is 84.5 Å². The summed E-state index contributed by atoms with van der Waals surface area (Å²) >= 11 is 0. The lowest BCUT2D eigenvalue weighted by atomic mass is 10.0. The van der Waals surface area contributed by atoms with Crippen molar-refractivity contribution in [1.29, 1.82) is 0 Å². The second kappa shape index (κ2) is 14.2. The van der Waals surface area contributed by atoms with Gasteiger partial charge in [-0.25, -0.2) is 13.1 Å². The van der Waals surface area contributed by atoms with Crippen molar-refractivity contribution in [3.8, 4) is 5.75 Å². The molecule has 0 radical (unpaired) electrons. The number of hydrogen-bond acceptors (Lipinski definition) is 6. The Balaban J connectivity index is 3.25. The minimum atomic E-state index is -4.25. The number of amides is 1. The lowest BCUT2D eigenvalue weighted by Crippen LogP contribution is -2.40. The van der Waals surface area contributed by atoms with E-state index in [-0.39, 0.29) is 17.2 Å². The summed E-state index contributed by atoms with van der Waals surface area (Å²) in [5, 5.41) is 11.0. The van der Waals surface area contributed by atoms with Gasteiger partial charge in [-0.1, -0.05) is 62.1 Å². The first-order chi connectivity index (χ1) is 15.5. The number of phenols is 1. The molecule has 186 valence electrons. The lowest BCUT2D eigenvalue weighted by Gasteiger charge is -2.17. The van der Waals surface area contributed by atoms with Crippen LogP contribution in [0.5, 0.6) is 5.75 Å². The quantitative estimate of drug-likeness (QED) is 0.137. The monoisotopic (exact) mass is 479 g/mol. The van der Waals surface area contributed by atoms with Crippen LogP contribution in [0.1, 0.15) is 77.8 Å². The first-order valence-corrected chi connectivity index (χ1v) is 13.1. The Kier molecular flexibility index (Phi) is 12.4. The van der Waals surface area contributed by atoms with Crippen molar-refractivity contribution >= 4 is 15.9 Å². The largest absolute Gasteiger partial charge is 0.506 e. The molecule has 7 nitrogen and oxygen atoms in total. The summed E-state index contributed by atoms with van der Waals surface area (Å²) in [6.07, 6.45) is 9.66. The van der Waals surface area contributed by atoms with Crippen LogP contribution in [0.25, 0.3) is 0 Å². The highest BCUT2D eigenvalue weighted by Crippen LogP contribution is 2.32. The topological polar surface area (TPSA) is 122 Å². The number of hydrogen-bond donors (Lipinski definition) is 4. The molecule has 0 fully saturated rings. The summed E-state index contributed by atoms with van der Waals surface area (Å²) in [6, 6.07) is 3.53. The highest BCUT2D eigenvalue weighted by atomic mass is 32.2. The number of carbonyl (C=O) groups is 1. The van der Waals surface area contributed by atoms with Gasteiger partial charge >= 0.3 is 0 Å². The summed E-state index contributed by atoms with van der Waals surface area (Å²) in [4.78, 5) is 12.2. The maximum absolute atomic E-state index is 13.2. The maximum Gasteiger partial charge on any atom is 0.268 e. The molecule has 33 heavy (non-hydrogen) atoms. The fourth-order valence-electron chi connectivity index (χ4n) is 3.41. The van der Waals surface area contributed by atoms with Gasteiger partial charge in [0.05, 0.1) is 0 Å². The third-order valence-corrected chi connectivity index (χ3v) is 6.95. The molecule has 1 rings (SSSR count). The van der Waals surface area contributed by atoms with Crippen molar-refractivity contribution in [3.63, 3.8) is 0 Å². The van der Waals surface area contributed by atoms with Crippen LogP contribution in [0, 0.1) is 5.92 Å². The Labute approximate surface area is 199 Å². The molecule has 0 heterocycles. The van der Waals surface area contributed by atoms with Crippen molar-refractivity contribution < 1.29 is 18.3 Å². The predicted octanol–water partition coefficient (Wildman–Crippen LogP) is 4.26. The number of sulfonamides is 1. The zero-order valence-corrected chi connectivity index (χ0v) is 21.5. The molecule has 0 saturated carbocycles. The van der Waals surface area contributed by atoms with E-state index in [1.165, 1.54) is 11.1 Å². The zero-order valence-electron chi connectivity index (χ0n) is 20.7. The average Bonchev–Trinajstić information content (AvgIpc) is 2.72. The summed E-state index contributed by atoms with van der Waals surface area (Å²) < 4.78 is 28.4. The van der Waals surface area contributed by atoms with Gasteiger partial charge in [-0.3, -0.25) is 16.1 Å². The zero-order chi connectivity index (χ0) is 25.0. The Morgan fingerprint density at radius 1 is 1.15 bits per heavy atom. The Morgan fingerprint density at radius 3 is 2.42 bits per heavy atom. The van der Waals surface area contributed by atoms with Crippen molar-refractivity contribution in [1.82, 2.24) is 10.1 Å². The van der Waals surface area contributed by atoms with E-state index >= 15 is 0 Å². The van der Waals surface area contributed by atoms with Crippen LogP contribution in [-0.2, 0) is 27.7 Å². The highest BCUT2D eigenvalue weighted by molar-refractivity contribution is 7.90. The van der Waals surface area contributed by atoms with E-state index in [9.17, 15) is 18.3 Å². The summed E-state index contributed by atoms with van der Waals surface area (Å²) in [5.41, 5.74) is 5.84. The number of rotatable bonds is 14. The fraction of sp³-hybridized carbons (Fsp3) is 0.560. The fourth-order valence-corrected chi connectivity index (χ4v) is 4.88. The molecule has 0 aliphatic rings. The van der Waals surface area contributed by atoms with Crippen LogP contribution in [0.3, 0.4) is 0 Å². The Morgan fingerprint density at radius 2 is 1.82 bits per heavy atom. The summed E-state index contributed by atoms with van der Waals surface area (Å²) in [5.74, 6) is 3.64. The average molecular weight is 480 g/mol. The van der Waals surface area contributed by atoms with Gasteiger partial charge in [0.2, 0.25) is 5.91 Å². The van der Waals surface area contributed by atoms with Crippen molar-refractivity contribution in [2.24, 2.45) is 11.8 Å². The molecular weight excluding hydrogens is 438 g/mol. The molecule has 0 aliphatic heterocycles. The van der Waals surface area contributed by atoms with Crippen molar-refractivity contribution in [2.75, 3.05) is 6.54 Å². The predicted molar refractivity (Wildman–Crippen MR) is 134 cm³/mol. The number of benzene rings is 1. The first-order valence-electron chi connectivity index (χ1n) is 11.7. The molecule has 8 heteroatoms. The van der Waals surface area contributed by atoms with Gasteiger partial charge in [0.25, 0.3) is 10.0 Å². The summed E-state index contributed by atoms with van der Waals surface area (Å²) in [7, 11) is -4.25. The van der Waals surface area contributed by atoms with E-state index in [2.05, 4.69) is 37.0 Å². The number of allylic oxidation sites excluding steroid dienone is 4. The molecule has 0 saturated heterocycles. The van der Waals surface area contributed by atoms with Crippen LogP contribution < -0.4 is 16.0 Å². The van der Waals surface area contributed by atoms with Gasteiger partial charge in [-0.05, 0) is 64.0 Å². The Bertz CT molecular complexity index is 949. The second-order valence-corrected chi connectivity index (χ2v) is 10.5. The number of nitrogens with one attached hydrogen (secondary N) is 2. The SMILES string of the molecule is CCCCCc1ccc(C/C=C(\C)CCC=C(C)C)c(O)c1S(=O)(=O)NC(=O)C(C)CNN. The van der Waals surface area contributed by atoms with Crippen LogP contribution in [0.4, 0.5) is 0 Å². The lowest BCUT2D eigenvalue weighted by molar-refractivity contribution is -0.122. The smallest absolute Gasteiger partial charge is 0.268 e. The molecule has 0 spiro atoms. The number of nitrogens with two attached hydrogens (primary N) is 1. The van der Waals surface area contributed by atoms with Gasteiger partial charge in [0, 0.05) is 12.5 Å². The number of unbranched alkanes of at least 4 members (excludes halogenated alkanes) is 2. The van der Waals surface area contributed by atoms with E-state index in [4.69, 9.17) is 5.84 Å². The molecule has 0 aromatic heterocycles. The van der Waals surface area contributed by atoms with Crippen molar-refractivity contribution in [3.05, 3.63) is 46.6 Å². The van der Waals surface area contributed by atoms with E-state index in [0.29, 0.717) is 24.0 Å². The number of aromatic hydroxyl groups is 1. The number of hydrazine groups is 1. The Hall–Kier alpha value is -2.16. The molecular formula is C25H41N3O4S. The minimum absolute atomic E-state index is 0.132. The maximum atomic E-state index is 13.2. The normalized spacial score (nSPS) is 13.0. The number of carbonyl (C=O) groups excluding carboxylic acids is 1. The van der Waals surface area contributed by atoms with Gasteiger partial charge < -0.3 is 5.11 Å². The third-order valence-electron chi connectivity index (χ3n) is 5.48. The first kappa shape index (κ1) is 28.9. The molecule has 1 amide bonds. The molecule has 0 bridgehead atoms. The minimum Gasteiger partial charge on any atom is -0.506 e. The van der Waals surface area contributed by atoms with Gasteiger partial charge in [0.15, 0.2) is 0 Å². The number of phenolic OH excluding ortho intramolecular Hbond substituents is 1. The van der Waals surface area contributed by atoms with Crippen LogP contribution in [-0.4, -0.2) is 26.0 Å². The van der Waals surface area contributed by atoms with E-state index < -0.39 is 21.8 Å². The molecule has 5 N–H and O–H groups in total.